The summed E-state index contributed by atoms with van der Waals surface area (Å²) in [6.45, 7) is 1.53. The van der Waals surface area contributed by atoms with E-state index in [0.717, 1.165) is 31.7 Å². The summed E-state index contributed by atoms with van der Waals surface area (Å²) in [7, 11) is 0. The van der Waals surface area contributed by atoms with Crippen LogP contribution in [0.25, 0.3) is 5.65 Å². The molecule has 1 fully saturated rings. The van der Waals surface area contributed by atoms with Crippen molar-refractivity contribution in [1.82, 2.24) is 9.38 Å². The summed E-state index contributed by atoms with van der Waals surface area (Å²) in [5.74, 6) is -0.104. The molecule has 0 aromatic carbocycles. The standard InChI is InChI=1S/C13H15N3O3/c17-9-4-6-15(7-5-9)12-3-1-2-11-14-10(13(18)19)8-16(11)12/h1-3,8-9,17H,4-7H2,(H,18,19). The molecular weight excluding hydrogens is 246 g/mol. The molecule has 3 rings (SSSR count). The van der Waals surface area contributed by atoms with E-state index in [0.29, 0.717) is 5.65 Å². The molecule has 1 aliphatic rings. The summed E-state index contributed by atoms with van der Waals surface area (Å²) < 4.78 is 1.79. The second-order valence-corrected chi connectivity index (χ2v) is 4.76. The van der Waals surface area contributed by atoms with Crippen LogP contribution in [0, 0.1) is 0 Å². The fraction of sp³-hybridized carbons (Fsp3) is 0.385. The van der Waals surface area contributed by atoms with Gasteiger partial charge in [0.25, 0.3) is 0 Å². The van der Waals surface area contributed by atoms with E-state index in [1.165, 1.54) is 6.20 Å². The number of pyridine rings is 1. The van der Waals surface area contributed by atoms with Gasteiger partial charge >= 0.3 is 5.97 Å². The van der Waals surface area contributed by atoms with Crippen molar-refractivity contribution >= 4 is 17.4 Å². The molecule has 0 amide bonds. The van der Waals surface area contributed by atoms with Crippen LogP contribution in [0.3, 0.4) is 0 Å². The first-order chi connectivity index (χ1) is 9.15. The molecule has 19 heavy (non-hydrogen) atoms. The minimum atomic E-state index is -1.02. The molecule has 2 aromatic heterocycles. The topological polar surface area (TPSA) is 78.1 Å². The van der Waals surface area contributed by atoms with E-state index in [1.54, 1.807) is 10.5 Å². The Kier molecular flexibility index (Phi) is 2.87. The lowest BCUT2D eigenvalue weighted by atomic mass is 10.1. The summed E-state index contributed by atoms with van der Waals surface area (Å²) in [5.41, 5.74) is 0.672. The summed E-state index contributed by atoms with van der Waals surface area (Å²) >= 11 is 0. The molecule has 100 valence electrons. The zero-order valence-corrected chi connectivity index (χ0v) is 10.4. The smallest absolute Gasteiger partial charge is 0.356 e. The van der Waals surface area contributed by atoms with Crippen LogP contribution in [0.2, 0.25) is 0 Å². The molecular formula is C13H15N3O3. The molecule has 1 saturated heterocycles. The number of aliphatic hydroxyl groups excluding tert-OH is 1. The van der Waals surface area contributed by atoms with E-state index in [2.05, 4.69) is 9.88 Å². The number of piperidine rings is 1. The van der Waals surface area contributed by atoms with Crippen molar-refractivity contribution in [2.45, 2.75) is 18.9 Å². The largest absolute Gasteiger partial charge is 0.476 e. The van der Waals surface area contributed by atoms with E-state index in [4.69, 9.17) is 5.11 Å². The number of aromatic carboxylic acids is 1. The lowest BCUT2D eigenvalue weighted by molar-refractivity contribution is 0.0691. The molecule has 0 atom stereocenters. The highest BCUT2D eigenvalue weighted by Gasteiger charge is 2.20. The molecule has 0 saturated carbocycles. The average molecular weight is 261 g/mol. The summed E-state index contributed by atoms with van der Waals surface area (Å²) in [6, 6.07) is 5.60. The van der Waals surface area contributed by atoms with Gasteiger partial charge in [-0.2, -0.15) is 0 Å². The van der Waals surface area contributed by atoms with Crippen molar-refractivity contribution in [3.05, 3.63) is 30.1 Å². The number of rotatable bonds is 2. The molecule has 0 aliphatic carbocycles. The van der Waals surface area contributed by atoms with Gasteiger partial charge in [0, 0.05) is 19.3 Å². The SMILES string of the molecule is O=C(O)c1cn2c(N3CCC(O)CC3)cccc2n1. The zero-order chi connectivity index (χ0) is 13.4. The van der Waals surface area contributed by atoms with Crippen LogP contribution in [-0.4, -0.2) is 44.8 Å². The average Bonchev–Trinajstić information content (AvgIpc) is 2.83. The maximum atomic E-state index is 11.0. The monoisotopic (exact) mass is 261 g/mol. The van der Waals surface area contributed by atoms with Gasteiger partial charge in [-0.3, -0.25) is 4.40 Å². The first kappa shape index (κ1) is 12.0. The Hall–Kier alpha value is -2.08. The fourth-order valence-corrected chi connectivity index (χ4v) is 2.45. The van der Waals surface area contributed by atoms with Gasteiger partial charge in [-0.05, 0) is 25.0 Å². The van der Waals surface area contributed by atoms with Crippen LogP contribution in [0.4, 0.5) is 5.82 Å². The number of aromatic nitrogens is 2. The van der Waals surface area contributed by atoms with Gasteiger partial charge in [0.1, 0.15) is 11.5 Å². The van der Waals surface area contributed by atoms with Crippen LogP contribution in [0.15, 0.2) is 24.4 Å². The molecule has 1 aliphatic heterocycles. The molecule has 2 aromatic rings. The van der Waals surface area contributed by atoms with Crippen LogP contribution in [-0.2, 0) is 0 Å². The molecule has 6 nitrogen and oxygen atoms in total. The first-order valence-electron chi connectivity index (χ1n) is 6.29. The number of hydrogen-bond donors (Lipinski definition) is 2. The molecule has 0 bridgehead atoms. The van der Waals surface area contributed by atoms with Crippen molar-refractivity contribution in [3.8, 4) is 0 Å². The third kappa shape index (κ3) is 2.15. The molecule has 3 heterocycles. The number of fused-ring (bicyclic) bond motifs is 1. The Balaban J connectivity index is 2.01. The summed E-state index contributed by atoms with van der Waals surface area (Å²) in [6.07, 6.45) is 2.78. The highest BCUT2D eigenvalue weighted by molar-refractivity contribution is 5.86. The predicted octanol–water partition coefficient (Wildman–Crippen LogP) is 0.994. The number of anilines is 1. The van der Waals surface area contributed by atoms with Crippen molar-refractivity contribution in [1.29, 1.82) is 0 Å². The van der Waals surface area contributed by atoms with Crippen LogP contribution in [0.1, 0.15) is 23.3 Å². The van der Waals surface area contributed by atoms with Crippen LogP contribution in [0.5, 0.6) is 0 Å². The number of imidazole rings is 1. The Bertz CT molecular complexity index is 615. The number of carboxylic acids is 1. The molecule has 0 unspecified atom stereocenters. The quantitative estimate of drug-likeness (QED) is 0.843. The maximum absolute atomic E-state index is 11.0. The molecule has 2 N–H and O–H groups in total. The molecule has 0 spiro atoms. The third-order valence-corrected chi connectivity index (χ3v) is 3.48. The highest BCUT2D eigenvalue weighted by Crippen LogP contribution is 2.22. The van der Waals surface area contributed by atoms with Crippen molar-refractivity contribution in [2.24, 2.45) is 0 Å². The second-order valence-electron chi connectivity index (χ2n) is 4.76. The van der Waals surface area contributed by atoms with E-state index in [-0.39, 0.29) is 11.8 Å². The zero-order valence-electron chi connectivity index (χ0n) is 10.4. The highest BCUT2D eigenvalue weighted by atomic mass is 16.4. The van der Waals surface area contributed by atoms with E-state index in [1.807, 2.05) is 12.1 Å². The predicted molar refractivity (Wildman–Crippen MR) is 69.6 cm³/mol. The van der Waals surface area contributed by atoms with Crippen LogP contribution >= 0.6 is 0 Å². The second kappa shape index (κ2) is 4.55. The summed E-state index contributed by atoms with van der Waals surface area (Å²) in [5, 5.41) is 18.5. The lowest BCUT2D eigenvalue weighted by Crippen LogP contribution is -2.36. The van der Waals surface area contributed by atoms with Gasteiger partial charge < -0.3 is 15.1 Å². The van der Waals surface area contributed by atoms with E-state index >= 15 is 0 Å². The fourth-order valence-electron chi connectivity index (χ4n) is 2.45. The number of carbonyl (C=O) groups is 1. The Morgan fingerprint density at radius 3 is 2.74 bits per heavy atom. The van der Waals surface area contributed by atoms with Gasteiger partial charge in [0.05, 0.1) is 6.10 Å². The van der Waals surface area contributed by atoms with Crippen molar-refractivity contribution in [3.63, 3.8) is 0 Å². The van der Waals surface area contributed by atoms with Gasteiger partial charge in [0.2, 0.25) is 0 Å². The van der Waals surface area contributed by atoms with Gasteiger partial charge in [-0.1, -0.05) is 6.07 Å². The molecule has 6 heteroatoms. The summed E-state index contributed by atoms with van der Waals surface area (Å²) in [4.78, 5) is 17.2. The van der Waals surface area contributed by atoms with Crippen molar-refractivity contribution < 1.29 is 15.0 Å². The van der Waals surface area contributed by atoms with Gasteiger partial charge in [-0.25, -0.2) is 9.78 Å². The first-order valence-corrected chi connectivity index (χ1v) is 6.29. The van der Waals surface area contributed by atoms with Crippen molar-refractivity contribution in [2.75, 3.05) is 18.0 Å². The van der Waals surface area contributed by atoms with Gasteiger partial charge in [0.15, 0.2) is 5.69 Å². The number of carboxylic acid groups (broad SMARTS) is 1. The van der Waals surface area contributed by atoms with Gasteiger partial charge in [-0.15, -0.1) is 0 Å². The Labute approximate surface area is 109 Å². The number of aliphatic hydroxyl groups is 1. The lowest BCUT2D eigenvalue weighted by Gasteiger charge is -2.31. The normalized spacial score (nSPS) is 17.0. The minimum absolute atomic E-state index is 0.0458. The van der Waals surface area contributed by atoms with E-state index in [9.17, 15) is 9.90 Å². The van der Waals surface area contributed by atoms with E-state index < -0.39 is 5.97 Å². The number of hydrogen-bond acceptors (Lipinski definition) is 4. The Morgan fingerprint density at radius 1 is 1.32 bits per heavy atom. The number of nitrogens with zero attached hydrogens (tertiary/aromatic N) is 3. The maximum Gasteiger partial charge on any atom is 0.356 e. The Morgan fingerprint density at radius 2 is 2.05 bits per heavy atom. The third-order valence-electron chi connectivity index (χ3n) is 3.48. The van der Waals surface area contributed by atoms with Crippen LogP contribution < -0.4 is 4.90 Å². The molecule has 0 radical (unpaired) electrons. The minimum Gasteiger partial charge on any atom is -0.476 e.